The van der Waals surface area contributed by atoms with Crippen LogP contribution in [0.25, 0.3) is 0 Å². The van der Waals surface area contributed by atoms with Gasteiger partial charge in [0.05, 0.1) is 12.1 Å². The molecule has 1 aromatic heterocycles. The highest BCUT2D eigenvalue weighted by molar-refractivity contribution is 6.29. The fourth-order valence-electron chi connectivity index (χ4n) is 3.22. The number of benzene rings is 1. The fraction of sp³-hybridized carbons (Fsp3) is 0.474. The van der Waals surface area contributed by atoms with Crippen LogP contribution in [0.15, 0.2) is 28.8 Å². The van der Waals surface area contributed by atoms with Gasteiger partial charge in [-0.25, -0.2) is 0 Å². The highest BCUT2D eigenvalue weighted by Crippen LogP contribution is 2.25. The van der Waals surface area contributed by atoms with E-state index in [1.807, 2.05) is 0 Å². The van der Waals surface area contributed by atoms with Gasteiger partial charge in [-0.15, -0.1) is 0 Å². The molecule has 0 bridgehead atoms. The molecule has 0 unspecified atom stereocenters. The maximum absolute atomic E-state index is 12.3. The summed E-state index contributed by atoms with van der Waals surface area (Å²) in [7, 11) is 0. The van der Waals surface area contributed by atoms with Gasteiger partial charge in [-0.3, -0.25) is 9.69 Å². The molecule has 0 aliphatic carbocycles. The molecule has 0 radical (unpaired) electrons. The van der Waals surface area contributed by atoms with Crippen LogP contribution in [0.4, 0.5) is 0 Å². The standard InChI is InChI=1S/C19H24ClN3O2/c1-13-16(18(20)25-22-13)10-17(24)21-12-19(2,3)23-9-8-14-6-4-5-7-15(14)11-23/h4-7H,8-12H2,1-3H3,(H,21,24). The van der Waals surface area contributed by atoms with Crippen LogP contribution in [-0.4, -0.2) is 34.6 Å². The second-order valence-electron chi connectivity index (χ2n) is 7.23. The first kappa shape index (κ1) is 18.0. The maximum Gasteiger partial charge on any atom is 0.229 e. The Morgan fingerprint density at radius 1 is 1.36 bits per heavy atom. The smallest absolute Gasteiger partial charge is 0.229 e. The molecule has 1 aromatic carbocycles. The van der Waals surface area contributed by atoms with E-state index in [1.165, 1.54) is 11.1 Å². The molecule has 134 valence electrons. The second-order valence-corrected chi connectivity index (χ2v) is 7.57. The lowest BCUT2D eigenvalue weighted by atomic mass is 9.94. The molecule has 2 heterocycles. The molecule has 1 aliphatic rings. The predicted molar refractivity (Wildman–Crippen MR) is 97.6 cm³/mol. The fourth-order valence-corrected chi connectivity index (χ4v) is 3.46. The van der Waals surface area contributed by atoms with Crippen molar-refractivity contribution in [2.45, 2.75) is 45.7 Å². The van der Waals surface area contributed by atoms with Crippen LogP contribution < -0.4 is 5.32 Å². The average molecular weight is 362 g/mol. The molecule has 5 nitrogen and oxygen atoms in total. The summed E-state index contributed by atoms with van der Waals surface area (Å²) in [6.45, 7) is 8.60. The lowest BCUT2D eigenvalue weighted by molar-refractivity contribution is -0.121. The molecule has 1 N–H and O–H groups in total. The van der Waals surface area contributed by atoms with Crippen molar-refractivity contribution in [1.82, 2.24) is 15.4 Å². The van der Waals surface area contributed by atoms with Crippen LogP contribution in [0.2, 0.25) is 5.22 Å². The number of amides is 1. The van der Waals surface area contributed by atoms with Gasteiger partial charge >= 0.3 is 0 Å². The summed E-state index contributed by atoms with van der Waals surface area (Å²) in [4.78, 5) is 14.7. The Morgan fingerprint density at radius 3 is 2.76 bits per heavy atom. The Labute approximate surface area is 153 Å². The molecule has 6 heteroatoms. The largest absolute Gasteiger partial charge is 0.354 e. The van der Waals surface area contributed by atoms with Gasteiger partial charge in [0.2, 0.25) is 11.1 Å². The third-order valence-corrected chi connectivity index (χ3v) is 5.28. The van der Waals surface area contributed by atoms with Gasteiger partial charge in [-0.05, 0) is 49.9 Å². The molecule has 0 fully saturated rings. The zero-order valence-corrected chi connectivity index (χ0v) is 15.7. The van der Waals surface area contributed by atoms with E-state index in [0.29, 0.717) is 17.8 Å². The molecule has 0 spiro atoms. The first-order valence-electron chi connectivity index (χ1n) is 8.56. The molecular formula is C19H24ClN3O2. The first-order valence-corrected chi connectivity index (χ1v) is 8.94. The highest BCUT2D eigenvalue weighted by atomic mass is 35.5. The van der Waals surface area contributed by atoms with E-state index < -0.39 is 0 Å². The summed E-state index contributed by atoms with van der Waals surface area (Å²) in [6.07, 6.45) is 1.23. The van der Waals surface area contributed by atoms with E-state index in [-0.39, 0.29) is 23.1 Å². The number of hydrogen-bond donors (Lipinski definition) is 1. The minimum Gasteiger partial charge on any atom is -0.354 e. The van der Waals surface area contributed by atoms with E-state index in [9.17, 15) is 4.79 Å². The van der Waals surface area contributed by atoms with Gasteiger partial charge in [0.15, 0.2) is 0 Å². The second kappa shape index (κ2) is 7.18. The van der Waals surface area contributed by atoms with Crippen LogP contribution in [0.3, 0.4) is 0 Å². The van der Waals surface area contributed by atoms with Crippen molar-refractivity contribution >= 4 is 17.5 Å². The van der Waals surface area contributed by atoms with Crippen molar-refractivity contribution in [3.8, 4) is 0 Å². The first-order chi connectivity index (χ1) is 11.9. The van der Waals surface area contributed by atoms with Gasteiger partial charge in [0, 0.05) is 30.7 Å². The molecule has 1 amide bonds. The lowest BCUT2D eigenvalue weighted by Gasteiger charge is -2.41. The molecule has 1 aliphatic heterocycles. The van der Waals surface area contributed by atoms with Crippen molar-refractivity contribution in [1.29, 1.82) is 0 Å². The molecule has 0 saturated carbocycles. The van der Waals surface area contributed by atoms with E-state index in [0.717, 1.165) is 19.5 Å². The summed E-state index contributed by atoms with van der Waals surface area (Å²) in [6, 6.07) is 8.57. The van der Waals surface area contributed by atoms with Gasteiger partial charge in [-0.2, -0.15) is 0 Å². The summed E-state index contributed by atoms with van der Waals surface area (Å²) in [5, 5.41) is 7.00. The molecule has 0 saturated heterocycles. The van der Waals surface area contributed by atoms with Crippen LogP contribution in [0.1, 0.15) is 36.2 Å². The van der Waals surface area contributed by atoms with Gasteiger partial charge < -0.3 is 9.84 Å². The summed E-state index contributed by atoms with van der Waals surface area (Å²) < 4.78 is 4.90. The van der Waals surface area contributed by atoms with Crippen LogP contribution in [0, 0.1) is 6.92 Å². The zero-order chi connectivity index (χ0) is 18.0. The molecule has 0 atom stereocenters. The number of aromatic nitrogens is 1. The average Bonchev–Trinajstić information content (AvgIpc) is 2.91. The predicted octanol–water partition coefficient (Wildman–Crippen LogP) is 3.13. The Morgan fingerprint density at radius 2 is 2.08 bits per heavy atom. The van der Waals surface area contributed by atoms with E-state index in [1.54, 1.807) is 6.92 Å². The van der Waals surface area contributed by atoms with E-state index in [2.05, 4.69) is 53.5 Å². The lowest BCUT2D eigenvalue weighted by Crippen LogP contribution is -2.53. The van der Waals surface area contributed by atoms with E-state index in [4.69, 9.17) is 16.1 Å². The number of nitrogens with one attached hydrogen (secondary N) is 1. The Hall–Kier alpha value is -1.85. The summed E-state index contributed by atoms with van der Waals surface area (Å²) in [5.74, 6) is -0.0707. The van der Waals surface area contributed by atoms with Gasteiger partial charge in [-0.1, -0.05) is 29.4 Å². The normalized spacial score (nSPS) is 15.0. The number of carbonyl (C=O) groups is 1. The number of halogens is 1. The third kappa shape index (κ3) is 4.05. The molecule has 25 heavy (non-hydrogen) atoms. The molecular weight excluding hydrogens is 338 g/mol. The summed E-state index contributed by atoms with van der Waals surface area (Å²) >= 11 is 5.93. The minimum atomic E-state index is -0.128. The van der Waals surface area contributed by atoms with E-state index >= 15 is 0 Å². The topological polar surface area (TPSA) is 58.4 Å². The third-order valence-electron chi connectivity index (χ3n) is 4.98. The van der Waals surface area contributed by atoms with Crippen LogP contribution in [0.5, 0.6) is 0 Å². The Kier molecular flexibility index (Phi) is 5.16. The maximum atomic E-state index is 12.3. The van der Waals surface area contributed by atoms with Crippen LogP contribution >= 0.6 is 11.6 Å². The highest BCUT2D eigenvalue weighted by Gasteiger charge is 2.30. The Balaban J connectivity index is 1.58. The Bertz CT molecular complexity index is 750. The van der Waals surface area contributed by atoms with Crippen molar-refractivity contribution in [3.05, 3.63) is 51.9 Å². The summed E-state index contributed by atoms with van der Waals surface area (Å²) in [5.41, 5.74) is 3.99. The van der Waals surface area contributed by atoms with Crippen molar-refractivity contribution in [2.75, 3.05) is 13.1 Å². The number of rotatable bonds is 5. The SMILES string of the molecule is Cc1noc(Cl)c1CC(=O)NCC(C)(C)N1CCc2ccccc2C1. The monoisotopic (exact) mass is 361 g/mol. The number of hydrogen-bond acceptors (Lipinski definition) is 4. The van der Waals surface area contributed by atoms with Gasteiger partial charge in [0.1, 0.15) is 0 Å². The minimum absolute atomic E-state index is 0.0707. The number of carbonyl (C=O) groups excluding carboxylic acids is 1. The molecule has 2 aromatic rings. The zero-order valence-electron chi connectivity index (χ0n) is 14.9. The van der Waals surface area contributed by atoms with Crippen molar-refractivity contribution < 1.29 is 9.32 Å². The number of nitrogens with zero attached hydrogens (tertiary/aromatic N) is 2. The number of aryl methyl sites for hydroxylation is 1. The van der Waals surface area contributed by atoms with Gasteiger partial charge in [0.25, 0.3) is 0 Å². The quantitative estimate of drug-likeness (QED) is 0.888. The van der Waals surface area contributed by atoms with Crippen molar-refractivity contribution in [3.63, 3.8) is 0 Å². The number of fused-ring (bicyclic) bond motifs is 1. The van der Waals surface area contributed by atoms with Crippen molar-refractivity contribution in [2.24, 2.45) is 0 Å². The molecule has 3 rings (SSSR count). The van der Waals surface area contributed by atoms with Crippen LogP contribution in [-0.2, 0) is 24.2 Å².